The van der Waals surface area contributed by atoms with E-state index in [-0.39, 0.29) is 0 Å². The van der Waals surface area contributed by atoms with Crippen molar-refractivity contribution in [3.8, 4) is 5.75 Å². The molecule has 6 nitrogen and oxygen atoms in total. The number of carbonyl (C=O) groups excluding carboxylic acids is 2. The van der Waals surface area contributed by atoms with E-state index in [4.69, 9.17) is 14.2 Å². The van der Waals surface area contributed by atoms with Gasteiger partial charge in [0.1, 0.15) is 23.5 Å². The van der Waals surface area contributed by atoms with Gasteiger partial charge in [-0.1, -0.05) is 18.7 Å². The molecular weight excluding hydrogens is 298 g/mol. The van der Waals surface area contributed by atoms with Gasteiger partial charge in [-0.25, -0.2) is 14.5 Å². The molecule has 2 atom stereocenters. The van der Waals surface area contributed by atoms with Crippen molar-refractivity contribution in [2.45, 2.75) is 38.5 Å². The van der Waals surface area contributed by atoms with E-state index in [9.17, 15) is 9.59 Å². The van der Waals surface area contributed by atoms with Crippen LogP contribution in [0.4, 0.5) is 9.59 Å². The molecule has 0 radical (unpaired) electrons. The van der Waals surface area contributed by atoms with Gasteiger partial charge in [-0.2, -0.15) is 0 Å². The molecule has 0 aliphatic carbocycles. The zero-order chi connectivity index (χ0) is 17.2. The van der Waals surface area contributed by atoms with Gasteiger partial charge in [0.2, 0.25) is 0 Å². The van der Waals surface area contributed by atoms with E-state index in [1.165, 1.54) is 6.08 Å². The molecule has 1 aliphatic rings. The molecule has 2 rings (SSSR count). The number of carbonyl (C=O) groups is 2. The molecule has 0 saturated carbocycles. The first-order chi connectivity index (χ1) is 10.8. The summed E-state index contributed by atoms with van der Waals surface area (Å²) in [6, 6.07) is 6.44. The third-order valence-corrected chi connectivity index (χ3v) is 3.30. The number of amides is 2. The van der Waals surface area contributed by atoms with Crippen molar-refractivity contribution in [2.75, 3.05) is 7.11 Å². The average Bonchev–Trinajstić information content (AvgIpc) is 2.82. The quantitative estimate of drug-likeness (QED) is 0.795. The van der Waals surface area contributed by atoms with Crippen LogP contribution < -0.4 is 4.74 Å². The Kier molecular flexibility index (Phi) is 4.63. The van der Waals surface area contributed by atoms with Crippen LogP contribution in [-0.4, -0.2) is 35.9 Å². The van der Waals surface area contributed by atoms with Crippen LogP contribution in [0.15, 0.2) is 36.9 Å². The van der Waals surface area contributed by atoms with E-state index >= 15 is 0 Å². The lowest BCUT2D eigenvalue weighted by molar-refractivity contribution is 0.0288. The molecule has 0 N–H and O–H groups in total. The summed E-state index contributed by atoms with van der Waals surface area (Å²) in [5, 5.41) is 0. The van der Waals surface area contributed by atoms with Crippen LogP contribution in [-0.2, 0) is 9.47 Å². The second-order valence-corrected chi connectivity index (χ2v) is 6.15. The van der Waals surface area contributed by atoms with Gasteiger partial charge in [0.15, 0.2) is 0 Å². The van der Waals surface area contributed by atoms with Crippen molar-refractivity contribution in [2.24, 2.45) is 0 Å². The highest BCUT2D eigenvalue weighted by Gasteiger charge is 2.46. The highest BCUT2D eigenvalue weighted by molar-refractivity contribution is 5.90. The van der Waals surface area contributed by atoms with Crippen LogP contribution in [0, 0.1) is 0 Å². The van der Waals surface area contributed by atoms with Crippen LogP contribution in [0.25, 0.3) is 0 Å². The number of cyclic esters (lactones) is 1. The minimum absolute atomic E-state index is 0.624. The van der Waals surface area contributed by atoms with Gasteiger partial charge in [-0.15, -0.1) is 0 Å². The van der Waals surface area contributed by atoms with Gasteiger partial charge in [0, 0.05) is 0 Å². The molecule has 0 bridgehead atoms. The molecule has 23 heavy (non-hydrogen) atoms. The van der Waals surface area contributed by atoms with E-state index in [0.717, 1.165) is 10.5 Å². The molecule has 1 heterocycles. The molecule has 1 saturated heterocycles. The van der Waals surface area contributed by atoms with E-state index in [0.29, 0.717) is 5.75 Å². The fraction of sp³-hybridized carbons (Fsp3) is 0.412. The van der Waals surface area contributed by atoms with E-state index in [2.05, 4.69) is 6.58 Å². The summed E-state index contributed by atoms with van der Waals surface area (Å²) in [4.78, 5) is 25.5. The Hall–Kier alpha value is -2.50. The summed E-state index contributed by atoms with van der Waals surface area (Å²) in [7, 11) is 1.57. The molecule has 1 aliphatic heterocycles. The third-order valence-electron chi connectivity index (χ3n) is 3.30. The SMILES string of the molecule is C=C[C@H]1OC(=O)N(C(=O)OC(C)(C)C)[C@H]1c1ccc(OC)cc1. The summed E-state index contributed by atoms with van der Waals surface area (Å²) in [5.74, 6) is 0.679. The van der Waals surface area contributed by atoms with E-state index in [1.54, 1.807) is 52.1 Å². The zero-order valence-electron chi connectivity index (χ0n) is 13.7. The van der Waals surface area contributed by atoms with Gasteiger partial charge in [0.25, 0.3) is 0 Å². The Labute approximate surface area is 135 Å². The summed E-state index contributed by atoms with van der Waals surface area (Å²) < 4.78 is 15.7. The summed E-state index contributed by atoms with van der Waals surface area (Å²) >= 11 is 0. The van der Waals surface area contributed by atoms with Crippen LogP contribution in [0.5, 0.6) is 5.75 Å². The van der Waals surface area contributed by atoms with Gasteiger partial charge in [-0.05, 0) is 44.5 Å². The Balaban J connectivity index is 2.35. The average molecular weight is 319 g/mol. The summed E-state index contributed by atoms with van der Waals surface area (Å²) in [6.07, 6.45) is -0.627. The number of hydrogen-bond donors (Lipinski definition) is 0. The zero-order valence-corrected chi connectivity index (χ0v) is 13.7. The number of hydrogen-bond acceptors (Lipinski definition) is 5. The van der Waals surface area contributed by atoms with Gasteiger partial charge >= 0.3 is 12.2 Å². The second kappa shape index (κ2) is 6.32. The van der Waals surface area contributed by atoms with Crippen molar-refractivity contribution in [1.29, 1.82) is 0 Å². The molecular formula is C17H21NO5. The highest BCUT2D eigenvalue weighted by Crippen LogP contribution is 2.35. The Morgan fingerprint density at radius 2 is 1.91 bits per heavy atom. The fourth-order valence-corrected chi connectivity index (χ4v) is 2.31. The monoisotopic (exact) mass is 319 g/mol. The van der Waals surface area contributed by atoms with Crippen LogP contribution in [0.1, 0.15) is 32.4 Å². The number of rotatable bonds is 3. The topological polar surface area (TPSA) is 65.1 Å². The largest absolute Gasteiger partial charge is 0.497 e. The number of methoxy groups -OCH3 is 1. The first kappa shape index (κ1) is 16.9. The third kappa shape index (κ3) is 3.64. The maximum atomic E-state index is 12.4. The predicted octanol–water partition coefficient (Wildman–Crippen LogP) is 3.68. The van der Waals surface area contributed by atoms with Gasteiger partial charge in [0.05, 0.1) is 7.11 Å². The lowest BCUT2D eigenvalue weighted by atomic mass is 10.0. The van der Waals surface area contributed by atoms with Crippen molar-refractivity contribution in [3.63, 3.8) is 0 Å². The van der Waals surface area contributed by atoms with Crippen LogP contribution in [0.3, 0.4) is 0 Å². The standard InChI is InChI=1S/C17H21NO5/c1-6-13-14(11-7-9-12(21-5)10-8-11)18(15(19)22-13)16(20)23-17(2,3)4/h6-10,13-14H,1H2,2-5H3/t13-,14+/m1/s1. The number of nitrogens with zero attached hydrogens (tertiary/aromatic N) is 1. The Bertz CT molecular complexity index is 602. The molecule has 0 aromatic heterocycles. The smallest absolute Gasteiger partial charge is 0.420 e. The molecule has 1 aromatic carbocycles. The molecule has 0 spiro atoms. The Morgan fingerprint density at radius 3 is 2.39 bits per heavy atom. The maximum absolute atomic E-state index is 12.4. The Morgan fingerprint density at radius 1 is 1.30 bits per heavy atom. The fourth-order valence-electron chi connectivity index (χ4n) is 2.31. The minimum atomic E-state index is -0.745. The van der Waals surface area contributed by atoms with E-state index in [1.807, 2.05) is 0 Å². The highest BCUT2D eigenvalue weighted by atomic mass is 16.6. The lowest BCUT2D eigenvalue weighted by Gasteiger charge is -2.26. The number of ether oxygens (including phenoxy) is 3. The number of benzene rings is 1. The van der Waals surface area contributed by atoms with Gasteiger partial charge < -0.3 is 14.2 Å². The first-order valence-corrected chi connectivity index (χ1v) is 7.26. The number of imide groups is 1. The first-order valence-electron chi connectivity index (χ1n) is 7.26. The summed E-state index contributed by atoms with van der Waals surface area (Å²) in [6.45, 7) is 8.88. The van der Waals surface area contributed by atoms with Crippen molar-refractivity contribution >= 4 is 12.2 Å². The molecule has 124 valence electrons. The normalized spacial score (nSPS) is 20.9. The van der Waals surface area contributed by atoms with Crippen molar-refractivity contribution in [3.05, 3.63) is 42.5 Å². The van der Waals surface area contributed by atoms with Crippen LogP contribution >= 0.6 is 0 Å². The van der Waals surface area contributed by atoms with E-state index < -0.39 is 29.9 Å². The van der Waals surface area contributed by atoms with Crippen LogP contribution in [0.2, 0.25) is 0 Å². The lowest BCUT2D eigenvalue weighted by Crippen LogP contribution is -2.39. The van der Waals surface area contributed by atoms with Crippen molar-refractivity contribution < 1.29 is 23.8 Å². The summed E-state index contributed by atoms with van der Waals surface area (Å²) in [5.41, 5.74) is 0.0149. The van der Waals surface area contributed by atoms with Crippen molar-refractivity contribution in [1.82, 2.24) is 4.90 Å². The minimum Gasteiger partial charge on any atom is -0.497 e. The molecule has 1 aromatic rings. The molecule has 0 unspecified atom stereocenters. The molecule has 2 amide bonds. The molecule has 6 heteroatoms. The molecule has 1 fully saturated rings. The second-order valence-electron chi connectivity index (χ2n) is 6.15. The predicted molar refractivity (Wildman–Crippen MR) is 84.3 cm³/mol. The maximum Gasteiger partial charge on any atom is 0.420 e. The van der Waals surface area contributed by atoms with Gasteiger partial charge in [-0.3, -0.25) is 0 Å².